The maximum absolute atomic E-state index is 10.2. The summed E-state index contributed by atoms with van der Waals surface area (Å²) in [6.07, 6.45) is 18.4. The van der Waals surface area contributed by atoms with Crippen molar-refractivity contribution in [3.8, 4) is 0 Å². The molecule has 0 heterocycles. The highest BCUT2D eigenvalue weighted by molar-refractivity contribution is 5.39. The van der Waals surface area contributed by atoms with Crippen LogP contribution < -0.4 is 0 Å². The minimum atomic E-state index is -0.116. The van der Waals surface area contributed by atoms with E-state index in [2.05, 4.69) is 65.8 Å². The number of rotatable bonds is 4. The van der Waals surface area contributed by atoms with Crippen LogP contribution in [-0.4, -0.2) is 11.2 Å². The average Bonchev–Trinajstić information content (AvgIpc) is 3.03. The number of hydrogen-bond donors (Lipinski definition) is 1. The molecule has 0 aliphatic heterocycles. The number of fused-ring (bicyclic) bond motifs is 5. The standard InChI is InChI=1S/C28H44O/c1-18(2)19(3)7-8-20(4)24-11-12-25-23-10-9-21-17-22(29)13-15-27(21,5)26(23)14-16-28(24,25)6/h7-10,18-20,22,24-26,29H,11-17H2,1-6H3/b8-7+/t19-,20+,22+,24-,25-,26-,27-,28-/m1/s1. The van der Waals surface area contributed by atoms with E-state index in [0.29, 0.717) is 22.7 Å². The molecule has 4 rings (SSSR count). The zero-order valence-electron chi connectivity index (χ0n) is 19.7. The minimum Gasteiger partial charge on any atom is -0.393 e. The minimum absolute atomic E-state index is 0.116. The summed E-state index contributed by atoms with van der Waals surface area (Å²) < 4.78 is 0. The van der Waals surface area contributed by atoms with Gasteiger partial charge >= 0.3 is 0 Å². The summed E-state index contributed by atoms with van der Waals surface area (Å²) in [6.45, 7) is 14.6. The quantitative estimate of drug-likeness (QED) is 0.493. The Hall–Kier alpha value is -0.820. The molecule has 0 radical (unpaired) electrons. The normalized spacial score (nSPS) is 44.0. The van der Waals surface area contributed by atoms with Crippen LogP contribution in [0.3, 0.4) is 0 Å². The molecule has 0 saturated heterocycles. The van der Waals surface area contributed by atoms with Gasteiger partial charge in [0, 0.05) is 0 Å². The molecule has 4 aliphatic rings. The van der Waals surface area contributed by atoms with Crippen molar-refractivity contribution in [2.75, 3.05) is 0 Å². The molecule has 0 bridgehead atoms. The molecule has 0 aromatic heterocycles. The smallest absolute Gasteiger partial charge is 0.0578 e. The molecule has 0 spiro atoms. The first-order valence-corrected chi connectivity index (χ1v) is 12.4. The van der Waals surface area contributed by atoms with Crippen LogP contribution in [0.1, 0.15) is 86.5 Å². The van der Waals surface area contributed by atoms with Gasteiger partial charge in [0.15, 0.2) is 0 Å². The molecule has 3 fully saturated rings. The monoisotopic (exact) mass is 396 g/mol. The molecule has 0 amide bonds. The molecule has 8 atom stereocenters. The summed E-state index contributed by atoms with van der Waals surface area (Å²) in [5.74, 6) is 4.38. The summed E-state index contributed by atoms with van der Waals surface area (Å²) >= 11 is 0. The molecule has 162 valence electrons. The third-order valence-electron chi connectivity index (χ3n) is 10.0. The zero-order chi connectivity index (χ0) is 21.0. The fraction of sp³-hybridized carbons (Fsp3) is 0.786. The Balaban J connectivity index is 1.57. The van der Waals surface area contributed by atoms with Crippen LogP contribution in [0.5, 0.6) is 0 Å². The Labute approximate surface area is 179 Å². The second-order valence-corrected chi connectivity index (χ2v) is 11.9. The van der Waals surface area contributed by atoms with Gasteiger partial charge in [-0.15, -0.1) is 0 Å². The fourth-order valence-electron chi connectivity index (χ4n) is 7.59. The molecule has 0 unspecified atom stereocenters. The van der Waals surface area contributed by atoms with E-state index in [9.17, 15) is 5.11 Å². The van der Waals surface area contributed by atoms with Gasteiger partial charge in [-0.1, -0.05) is 77.0 Å². The van der Waals surface area contributed by atoms with Crippen molar-refractivity contribution < 1.29 is 5.11 Å². The Morgan fingerprint density at radius 3 is 2.41 bits per heavy atom. The Morgan fingerprint density at radius 1 is 0.931 bits per heavy atom. The van der Waals surface area contributed by atoms with E-state index in [1.54, 1.807) is 5.57 Å². The first-order chi connectivity index (χ1) is 13.7. The number of hydrogen-bond acceptors (Lipinski definition) is 1. The van der Waals surface area contributed by atoms with Gasteiger partial charge in [-0.3, -0.25) is 0 Å². The summed E-state index contributed by atoms with van der Waals surface area (Å²) in [7, 11) is 0. The van der Waals surface area contributed by atoms with E-state index in [4.69, 9.17) is 0 Å². The molecule has 4 aliphatic carbocycles. The highest BCUT2D eigenvalue weighted by atomic mass is 16.3. The average molecular weight is 397 g/mol. The van der Waals surface area contributed by atoms with Crippen LogP contribution in [0.25, 0.3) is 0 Å². The third kappa shape index (κ3) is 3.50. The van der Waals surface area contributed by atoms with Gasteiger partial charge in [0.05, 0.1) is 6.10 Å². The lowest BCUT2D eigenvalue weighted by molar-refractivity contribution is 0.0382. The van der Waals surface area contributed by atoms with Crippen molar-refractivity contribution in [1.29, 1.82) is 0 Å². The van der Waals surface area contributed by atoms with Gasteiger partial charge in [-0.25, -0.2) is 0 Å². The van der Waals surface area contributed by atoms with Crippen LogP contribution in [-0.2, 0) is 0 Å². The van der Waals surface area contributed by atoms with Crippen molar-refractivity contribution in [3.63, 3.8) is 0 Å². The lowest BCUT2D eigenvalue weighted by Crippen LogP contribution is -2.46. The topological polar surface area (TPSA) is 20.2 Å². The molecule has 1 heteroatoms. The number of aliphatic hydroxyl groups is 1. The van der Waals surface area contributed by atoms with Crippen LogP contribution in [0.2, 0.25) is 0 Å². The summed E-state index contributed by atoms with van der Waals surface area (Å²) in [4.78, 5) is 0. The largest absolute Gasteiger partial charge is 0.393 e. The van der Waals surface area contributed by atoms with Crippen molar-refractivity contribution in [2.24, 2.45) is 46.3 Å². The summed E-state index contributed by atoms with van der Waals surface area (Å²) in [6, 6.07) is 0. The Kier molecular flexibility index (Phi) is 5.69. The van der Waals surface area contributed by atoms with E-state index in [1.807, 2.05) is 0 Å². The van der Waals surface area contributed by atoms with Crippen molar-refractivity contribution in [2.45, 2.75) is 92.6 Å². The van der Waals surface area contributed by atoms with E-state index < -0.39 is 0 Å². The van der Waals surface area contributed by atoms with Crippen LogP contribution >= 0.6 is 0 Å². The van der Waals surface area contributed by atoms with Crippen molar-refractivity contribution in [3.05, 3.63) is 35.5 Å². The lowest BCUT2D eigenvalue weighted by Gasteiger charge is -2.55. The Morgan fingerprint density at radius 2 is 1.69 bits per heavy atom. The second kappa shape index (κ2) is 7.70. The predicted octanol–water partition coefficient (Wildman–Crippen LogP) is 7.33. The molecule has 0 aromatic rings. The maximum atomic E-state index is 10.2. The van der Waals surface area contributed by atoms with E-state index in [0.717, 1.165) is 36.5 Å². The number of allylic oxidation sites excluding steroid dienone is 5. The first-order valence-electron chi connectivity index (χ1n) is 12.4. The molecule has 3 saturated carbocycles. The Bertz CT molecular complexity index is 712. The van der Waals surface area contributed by atoms with Gasteiger partial charge in [0.2, 0.25) is 0 Å². The number of aliphatic hydroxyl groups excluding tert-OH is 1. The van der Waals surface area contributed by atoms with Gasteiger partial charge in [0.1, 0.15) is 0 Å². The molecule has 1 nitrogen and oxygen atoms in total. The van der Waals surface area contributed by atoms with Gasteiger partial charge < -0.3 is 5.11 Å². The molecule has 29 heavy (non-hydrogen) atoms. The van der Waals surface area contributed by atoms with Gasteiger partial charge in [-0.2, -0.15) is 0 Å². The summed E-state index contributed by atoms with van der Waals surface area (Å²) in [5, 5.41) is 10.2. The first kappa shape index (κ1) is 21.4. The van der Waals surface area contributed by atoms with E-state index in [1.165, 1.54) is 37.7 Å². The van der Waals surface area contributed by atoms with E-state index >= 15 is 0 Å². The SMILES string of the molecule is CC(C)[C@H](C)/C=C/[C@H](C)[C@H]1CC[C@@H]2C3=CC=C4C[C@@H](O)CC[C@@]4(C)[C@@H]3CC[C@@]21C. The van der Waals surface area contributed by atoms with Crippen molar-refractivity contribution in [1.82, 2.24) is 0 Å². The maximum Gasteiger partial charge on any atom is 0.0578 e. The predicted molar refractivity (Wildman–Crippen MR) is 123 cm³/mol. The zero-order valence-corrected chi connectivity index (χ0v) is 19.7. The van der Waals surface area contributed by atoms with Crippen LogP contribution in [0.4, 0.5) is 0 Å². The van der Waals surface area contributed by atoms with E-state index in [-0.39, 0.29) is 6.10 Å². The van der Waals surface area contributed by atoms with Gasteiger partial charge in [0.25, 0.3) is 0 Å². The second-order valence-electron chi connectivity index (χ2n) is 11.9. The molecular weight excluding hydrogens is 352 g/mol. The lowest BCUT2D eigenvalue weighted by atomic mass is 9.50. The van der Waals surface area contributed by atoms with Crippen molar-refractivity contribution >= 4 is 0 Å². The van der Waals surface area contributed by atoms with Crippen LogP contribution in [0, 0.1) is 46.3 Å². The highest BCUT2D eigenvalue weighted by Crippen LogP contribution is 2.65. The fourth-order valence-corrected chi connectivity index (χ4v) is 7.59. The molecule has 0 aromatic carbocycles. The highest BCUT2D eigenvalue weighted by Gasteiger charge is 2.56. The molecular formula is C28H44O. The van der Waals surface area contributed by atoms with Gasteiger partial charge in [-0.05, 0) is 91.3 Å². The summed E-state index contributed by atoms with van der Waals surface area (Å²) in [5.41, 5.74) is 4.07. The van der Waals surface area contributed by atoms with Crippen LogP contribution in [0.15, 0.2) is 35.5 Å². The third-order valence-corrected chi connectivity index (χ3v) is 10.0. The molecule has 1 N–H and O–H groups in total.